The first-order valence-corrected chi connectivity index (χ1v) is 3.48. The number of benzene rings is 1. The minimum atomic E-state index is -1.73. The van der Waals surface area contributed by atoms with Crippen molar-refractivity contribution < 1.29 is 27.0 Å². The minimum Gasteiger partial charge on any atom is -0.423 e. The second-order valence-electron chi connectivity index (χ2n) is 2.44. The molecule has 0 spiro atoms. The highest BCUT2D eigenvalue weighted by molar-refractivity contribution is 5.44. The summed E-state index contributed by atoms with van der Waals surface area (Å²) in [6.45, 7) is 0. The van der Waals surface area contributed by atoms with Gasteiger partial charge >= 0.3 is 12.0 Å². The molecule has 74 valence electrons. The van der Waals surface area contributed by atoms with Crippen LogP contribution in [0.4, 0.5) is 17.6 Å². The Morgan fingerprint density at radius 2 is 1.50 bits per heavy atom. The van der Waals surface area contributed by atoms with Crippen LogP contribution in [0.2, 0.25) is 0 Å². The highest BCUT2D eigenvalue weighted by atomic mass is 19.2. The molecule has 0 amide bonds. The van der Waals surface area contributed by atoms with E-state index < -0.39 is 35.2 Å². The molecule has 6 heteroatoms. The van der Waals surface area contributed by atoms with Crippen molar-refractivity contribution in [1.82, 2.24) is 0 Å². The zero-order valence-electron chi connectivity index (χ0n) is 6.48. The second kappa shape index (κ2) is 2.90. The first-order valence-electron chi connectivity index (χ1n) is 3.48. The number of hydrogen-bond acceptors (Lipinski definition) is 2. The Morgan fingerprint density at radius 3 is 2.21 bits per heavy atom. The number of rotatable bonds is 0. The summed E-state index contributed by atoms with van der Waals surface area (Å²) in [6.07, 6.45) is 0. The molecule has 14 heavy (non-hydrogen) atoms. The first kappa shape index (κ1) is 8.86. The SMILES string of the molecule is FC1=C(F)Oc2c(ccc(F)c2F)O1. The lowest BCUT2D eigenvalue weighted by molar-refractivity contribution is 0.161. The Kier molecular flexibility index (Phi) is 1.83. The molecule has 0 bridgehead atoms. The fourth-order valence-electron chi connectivity index (χ4n) is 0.956. The Morgan fingerprint density at radius 1 is 0.857 bits per heavy atom. The third-order valence-corrected chi connectivity index (χ3v) is 1.56. The van der Waals surface area contributed by atoms with Crippen molar-refractivity contribution in [3.05, 3.63) is 35.8 Å². The number of ether oxygens (including phenoxy) is 2. The van der Waals surface area contributed by atoms with Gasteiger partial charge in [0.2, 0.25) is 11.6 Å². The molecule has 0 aliphatic carbocycles. The van der Waals surface area contributed by atoms with Gasteiger partial charge in [-0.05, 0) is 12.1 Å². The third kappa shape index (κ3) is 1.19. The van der Waals surface area contributed by atoms with Gasteiger partial charge in [-0.1, -0.05) is 0 Å². The molecule has 1 aromatic carbocycles. The van der Waals surface area contributed by atoms with Gasteiger partial charge in [-0.2, -0.15) is 13.2 Å². The highest BCUT2D eigenvalue weighted by Crippen LogP contribution is 2.38. The summed E-state index contributed by atoms with van der Waals surface area (Å²) in [5.41, 5.74) is 0. The van der Waals surface area contributed by atoms with Crippen LogP contribution in [-0.2, 0) is 0 Å². The minimum absolute atomic E-state index is 0.414. The van der Waals surface area contributed by atoms with E-state index in [0.29, 0.717) is 6.07 Å². The molecular weight excluding hydrogens is 204 g/mol. The molecule has 0 fully saturated rings. The van der Waals surface area contributed by atoms with Crippen LogP contribution in [0.3, 0.4) is 0 Å². The molecule has 1 heterocycles. The summed E-state index contributed by atoms with van der Waals surface area (Å²) in [5.74, 6) is -3.88. The van der Waals surface area contributed by atoms with E-state index in [0.717, 1.165) is 6.07 Å². The quantitative estimate of drug-likeness (QED) is 0.607. The smallest absolute Gasteiger partial charge is 0.352 e. The lowest BCUT2D eigenvalue weighted by Gasteiger charge is -2.15. The van der Waals surface area contributed by atoms with Crippen LogP contribution in [0, 0.1) is 11.6 Å². The zero-order chi connectivity index (χ0) is 10.3. The van der Waals surface area contributed by atoms with Crippen molar-refractivity contribution in [2.75, 3.05) is 0 Å². The van der Waals surface area contributed by atoms with E-state index in [9.17, 15) is 17.6 Å². The van der Waals surface area contributed by atoms with Gasteiger partial charge in [-0.3, -0.25) is 0 Å². The number of halogens is 4. The van der Waals surface area contributed by atoms with Crippen molar-refractivity contribution >= 4 is 0 Å². The summed E-state index contributed by atoms with van der Waals surface area (Å²) < 4.78 is 58.6. The third-order valence-electron chi connectivity index (χ3n) is 1.56. The largest absolute Gasteiger partial charge is 0.423 e. The molecule has 0 aromatic heterocycles. The Labute approximate surface area is 75.4 Å². The summed E-state index contributed by atoms with van der Waals surface area (Å²) in [7, 11) is 0. The monoisotopic (exact) mass is 206 g/mol. The van der Waals surface area contributed by atoms with Gasteiger partial charge in [0.25, 0.3) is 0 Å². The first-order chi connectivity index (χ1) is 6.59. The van der Waals surface area contributed by atoms with E-state index in [2.05, 4.69) is 9.47 Å². The maximum absolute atomic E-state index is 12.9. The van der Waals surface area contributed by atoms with Crippen molar-refractivity contribution in [2.24, 2.45) is 0 Å². The van der Waals surface area contributed by atoms with Crippen LogP contribution in [0.25, 0.3) is 0 Å². The van der Waals surface area contributed by atoms with Crippen molar-refractivity contribution in [2.45, 2.75) is 0 Å². The Hall–Kier alpha value is -1.72. The van der Waals surface area contributed by atoms with Crippen LogP contribution in [-0.4, -0.2) is 0 Å². The van der Waals surface area contributed by atoms with E-state index >= 15 is 0 Å². The van der Waals surface area contributed by atoms with Crippen molar-refractivity contribution in [3.8, 4) is 11.5 Å². The van der Waals surface area contributed by atoms with E-state index in [1.165, 1.54) is 0 Å². The van der Waals surface area contributed by atoms with E-state index in [-0.39, 0.29) is 0 Å². The van der Waals surface area contributed by atoms with Gasteiger partial charge in [0, 0.05) is 0 Å². The Balaban J connectivity index is 2.54. The molecule has 1 aliphatic rings. The molecule has 1 aromatic rings. The fourth-order valence-corrected chi connectivity index (χ4v) is 0.956. The molecule has 2 rings (SSSR count). The average Bonchev–Trinajstić information content (AvgIpc) is 2.15. The van der Waals surface area contributed by atoms with Crippen molar-refractivity contribution in [3.63, 3.8) is 0 Å². The molecule has 0 atom stereocenters. The lowest BCUT2D eigenvalue weighted by Crippen LogP contribution is -2.08. The molecular formula is C8H2F4O2. The average molecular weight is 206 g/mol. The van der Waals surface area contributed by atoms with Crippen molar-refractivity contribution in [1.29, 1.82) is 0 Å². The molecule has 0 saturated carbocycles. The van der Waals surface area contributed by atoms with Crippen LogP contribution in [0.1, 0.15) is 0 Å². The van der Waals surface area contributed by atoms with Gasteiger partial charge in [0.05, 0.1) is 0 Å². The standard InChI is InChI=1S/C8H2F4O2/c9-3-1-2-4-6(5(3)10)14-8(12)7(11)13-4/h1-2H. The van der Waals surface area contributed by atoms with E-state index in [1.807, 2.05) is 0 Å². The van der Waals surface area contributed by atoms with Gasteiger partial charge in [0.15, 0.2) is 11.6 Å². The molecule has 2 nitrogen and oxygen atoms in total. The molecule has 1 aliphatic heterocycles. The molecule has 0 saturated heterocycles. The number of fused-ring (bicyclic) bond motifs is 1. The zero-order valence-corrected chi connectivity index (χ0v) is 6.48. The van der Waals surface area contributed by atoms with Crippen LogP contribution >= 0.6 is 0 Å². The van der Waals surface area contributed by atoms with Gasteiger partial charge < -0.3 is 9.47 Å². The summed E-state index contributed by atoms with van der Waals surface area (Å²) in [5, 5.41) is 0. The predicted octanol–water partition coefficient (Wildman–Crippen LogP) is 2.80. The normalized spacial score (nSPS) is 14.6. The molecule has 0 unspecified atom stereocenters. The summed E-state index contributed by atoms with van der Waals surface area (Å²) in [6, 6.07) is -1.71. The van der Waals surface area contributed by atoms with Gasteiger partial charge in [0.1, 0.15) is 0 Å². The van der Waals surface area contributed by atoms with E-state index in [4.69, 9.17) is 0 Å². The van der Waals surface area contributed by atoms with Gasteiger partial charge in [-0.25, -0.2) is 4.39 Å². The van der Waals surface area contributed by atoms with Gasteiger partial charge in [-0.15, -0.1) is 0 Å². The second-order valence-corrected chi connectivity index (χ2v) is 2.44. The fraction of sp³-hybridized carbons (Fsp3) is 0. The predicted molar refractivity (Wildman–Crippen MR) is 36.9 cm³/mol. The van der Waals surface area contributed by atoms with E-state index in [1.54, 1.807) is 0 Å². The maximum atomic E-state index is 12.9. The number of hydrogen-bond donors (Lipinski definition) is 0. The molecule has 0 radical (unpaired) electrons. The van der Waals surface area contributed by atoms with Crippen LogP contribution < -0.4 is 9.47 Å². The molecule has 0 N–H and O–H groups in total. The summed E-state index contributed by atoms with van der Waals surface area (Å²) >= 11 is 0. The Bertz CT molecular complexity index is 428. The lowest BCUT2D eigenvalue weighted by atomic mass is 10.3. The maximum Gasteiger partial charge on any atom is 0.352 e. The van der Waals surface area contributed by atoms with Crippen LogP contribution in [0.15, 0.2) is 24.2 Å². The summed E-state index contributed by atoms with van der Waals surface area (Å²) in [4.78, 5) is 0. The van der Waals surface area contributed by atoms with Crippen LogP contribution in [0.5, 0.6) is 11.5 Å². The topological polar surface area (TPSA) is 18.5 Å². The highest BCUT2D eigenvalue weighted by Gasteiger charge is 2.26.